The molecule has 90 valence electrons. The third kappa shape index (κ3) is 5.53. The zero-order valence-corrected chi connectivity index (χ0v) is 7.92. The zero-order valence-electron chi connectivity index (χ0n) is 7.92. The van der Waals surface area contributed by atoms with E-state index in [0.29, 0.717) is 6.54 Å². The van der Waals surface area contributed by atoms with Crippen LogP contribution in [0.25, 0.3) is 0 Å². The summed E-state index contributed by atoms with van der Waals surface area (Å²) in [5, 5.41) is 7.86. The van der Waals surface area contributed by atoms with Crippen molar-refractivity contribution in [3.63, 3.8) is 0 Å². The van der Waals surface area contributed by atoms with Crippen LogP contribution in [0.1, 0.15) is 12.8 Å². The summed E-state index contributed by atoms with van der Waals surface area (Å²) in [5.41, 5.74) is 0. The van der Waals surface area contributed by atoms with Gasteiger partial charge in [0.1, 0.15) is 6.23 Å². The van der Waals surface area contributed by atoms with Gasteiger partial charge < -0.3 is 9.84 Å². The van der Waals surface area contributed by atoms with Crippen LogP contribution in [0.2, 0.25) is 0 Å². The highest BCUT2D eigenvalue weighted by atomic mass is 19.4. The first kappa shape index (κ1) is 14.1. The van der Waals surface area contributed by atoms with Gasteiger partial charge in [-0.2, -0.15) is 13.2 Å². The Kier molecular flexibility index (Phi) is 5.51. The lowest BCUT2D eigenvalue weighted by atomic mass is 10.4. The Morgan fingerprint density at radius 3 is 2.13 bits per heavy atom. The summed E-state index contributed by atoms with van der Waals surface area (Å²) in [6, 6.07) is 0. The molecule has 1 rings (SSSR count). The average Bonchev–Trinajstić information content (AvgIpc) is 2.50. The highest BCUT2D eigenvalue weighted by molar-refractivity contribution is 5.73. The van der Waals surface area contributed by atoms with Gasteiger partial charge in [-0.25, -0.2) is 4.79 Å². The van der Waals surface area contributed by atoms with Crippen LogP contribution in [0.5, 0.6) is 0 Å². The fraction of sp³-hybridized carbons (Fsp3) is 0.857. The Balaban J connectivity index is 0.000000265. The van der Waals surface area contributed by atoms with Crippen LogP contribution in [0.4, 0.5) is 17.7 Å². The number of carboxylic acids is 1. The molecule has 1 aliphatic heterocycles. The number of carboxylic acid groups (broad SMARTS) is 1. The number of nitrogens with zero attached hydrogens (tertiary/aromatic N) is 1. The highest BCUT2D eigenvalue weighted by Gasteiger charge is 2.38. The molecule has 0 radical (unpaired) electrons. The summed E-state index contributed by atoms with van der Waals surface area (Å²) >= 11 is 0. The van der Waals surface area contributed by atoms with E-state index in [0.717, 1.165) is 18.0 Å². The molecule has 1 atom stereocenters. The molecule has 1 heterocycles. The van der Waals surface area contributed by atoms with Gasteiger partial charge in [0, 0.05) is 13.7 Å². The van der Waals surface area contributed by atoms with Gasteiger partial charge in [-0.1, -0.05) is 0 Å². The van der Waals surface area contributed by atoms with Gasteiger partial charge >= 0.3 is 12.1 Å². The molecule has 1 aliphatic rings. The quantitative estimate of drug-likeness (QED) is 0.551. The minimum atomic E-state index is -5.08. The van der Waals surface area contributed by atoms with E-state index >= 15 is 0 Å². The first-order valence-corrected chi connectivity index (χ1v) is 4.04. The predicted octanol–water partition coefficient (Wildman–Crippen LogP) is 1.57. The second-order valence-corrected chi connectivity index (χ2v) is 2.76. The van der Waals surface area contributed by atoms with Crippen LogP contribution >= 0.6 is 0 Å². The lowest BCUT2D eigenvalue weighted by Crippen LogP contribution is -2.22. The summed E-state index contributed by atoms with van der Waals surface area (Å²) < 4.78 is 48.8. The van der Waals surface area contributed by atoms with E-state index in [1.54, 1.807) is 0 Å². The fourth-order valence-electron chi connectivity index (χ4n) is 0.933. The number of aliphatic carboxylic acids is 1. The van der Waals surface area contributed by atoms with E-state index in [2.05, 4.69) is 0 Å². The van der Waals surface area contributed by atoms with Gasteiger partial charge in [0.05, 0.1) is 0 Å². The number of carbonyl (C=O) groups is 1. The molecule has 4 nitrogen and oxygen atoms in total. The standard InChI is InChI=1S/C5H10FNO.C2HF3O2/c1-8-5-3-2-4-7(5)6;3-2(4,5)1(6)7/h5H,2-4H2,1H3;(H,6,7). The maximum absolute atomic E-state index is 12.3. The molecule has 0 spiro atoms. The summed E-state index contributed by atoms with van der Waals surface area (Å²) in [4.78, 5) is 8.90. The number of hydrogen-bond donors (Lipinski definition) is 1. The normalized spacial score (nSPS) is 22.1. The van der Waals surface area contributed by atoms with Crippen LogP contribution in [0.3, 0.4) is 0 Å². The second kappa shape index (κ2) is 5.86. The van der Waals surface area contributed by atoms with E-state index in [1.165, 1.54) is 7.11 Å². The van der Waals surface area contributed by atoms with E-state index in [1.807, 2.05) is 0 Å². The van der Waals surface area contributed by atoms with Crippen LogP contribution in [0.15, 0.2) is 0 Å². The van der Waals surface area contributed by atoms with Crippen molar-refractivity contribution in [2.45, 2.75) is 25.2 Å². The Bertz CT molecular complexity index is 209. The summed E-state index contributed by atoms with van der Waals surface area (Å²) in [6.45, 7) is 0.526. The number of hydrogen-bond acceptors (Lipinski definition) is 3. The van der Waals surface area contributed by atoms with Gasteiger partial charge in [0.15, 0.2) is 0 Å². The van der Waals surface area contributed by atoms with Crippen molar-refractivity contribution in [3.05, 3.63) is 0 Å². The first-order valence-electron chi connectivity index (χ1n) is 4.04. The second-order valence-electron chi connectivity index (χ2n) is 2.76. The molecule has 0 bridgehead atoms. The molecular weight excluding hydrogens is 222 g/mol. The monoisotopic (exact) mass is 233 g/mol. The Morgan fingerprint density at radius 2 is 2.00 bits per heavy atom. The van der Waals surface area contributed by atoms with E-state index in [9.17, 15) is 17.7 Å². The molecule has 0 amide bonds. The third-order valence-corrected chi connectivity index (χ3v) is 1.65. The molecule has 0 aromatic rings. The molecule has 1 N–H and O–H groups in total. The SMILES string of the molecule is COC1CCCN1F.O=C(O)C(F)(F)F. The fourth-order valence-corrected chi connectivity index (χ4v) is 0.933. The largest absolute Gasteiger partial charge is 0.490 e. The summed E-state index contributed by atoms with van der Waals surface area (Å²) in [7, 11) is 1.53. The van der Waals surface area contributed by atoms with E-state index < -0.39 is 12.1 Å². The smallest absolute Gasteiger partial charge is 0.475 e. The molecule has 0 aromatic carbocycles. The molecule has 15 heavy (non-hydrogen) atoms. The van der Waals surface area contributed by atoms with Gasteiger partial charge in [0.2, 0.25) is 0 Å². The molecular formula is C7H11F4NO3. The number of rotatable bonds is 1. The molecule has 1 fully saturated rings. The average molecular weight is 233 g/mol. The number of ether oxygens (including phenoxy) is 1. The van der Waals surface area contributed by atoms with Crippen LogP contribution in [0, 0.1) is 0 Å². The van der Waals surface area contributed by atoms with Crippen molar-refractivity contribution in [3.8, 4) is 0 Å². The van der Waals surface area contributed by atoms with Crippen molar-refractivity contribution < 1.29 is 32.3 Å². The van der Waals surface area contributed by atoms with Crippen LogP contribution in [-0.4, -0.2) is 42.3 Å². The van der Waals surface area contributed by atoms with Crippen molar-refractivity contribution >= 4 is 5.97 Å². The van der Waals surface area contributed by atoms with Gasteiger partial charge in [-0.15, -0.1) is 9.60 Å². The number of methoxy groups -OCH3 is 1. The number of halogens is 4. The van der Waals surface area contributed by atoms with Crippen molar-refractivity contribution in [1.29, 1.82) is 0 Å². The molecule has 0 aliphatic carbocycles. The molecule has 1 saturated heterocycles. The Morgan fingerprint density at radius 1 is 1.53 bits per heavy atom. The highest BCUT2D eigenvalue weighted by Crippen LogP contribution is 2.16. The topological polar surface area (TPSA) is 49.8 Å². The predicted molar refractivity (Wildman–Crippen MR) is 41.5 cm³/mol. The van der Waals surface area contributed by atoms with Crippen LogP contribution in [-0.2, 0) is 9.53 Å². The Labute approximate surface area is 83.4 Å². The maximum atomic E-state index is 12.3. The van der Waals surface area contributed by atoms with Gasteiger partial charge in [-0.05, 0) is 12.8 Å². The Hall–Kier alpha value is -0.890. The maximum Gasteiger partial charge on any atom is 0.490 e. The minimum absolute atomic E-state index is 0.269. The molecule has 1 unspecified atom stereocenters. The van der Waals surface area contributed by atoms with Crippen molar-refractivity contribution in [1.82, 2.24) is 5.12 Å². The summed E-state index contributed by atoms with van der Waals surface area (Å²) in [6.07, 6.45) is -3.61. The van der Waals surface area contributed by atoms with Crippen molar-refractivity contribution in [2.75, 3.05) is 13.7 Å². The summed E-state index contributed by atoms with van der Waals surface area (Å²) in [5.74, 6) is -2.76. The lowest BCUT2D eigenvalue weighted by molar-refractivity contribution is -0.192. The third-order valence-electron chi connectivity index (χ3n) is 1.65. The zero-order chi connectivity index (χ0) is 12.1. The van der Waals surface area contributed by atoms with E-state index in [4.69, 9.17) is 14.6 Å². The number of alkyl halides is 3. The van der Waals surface area contributed by atoms with E-state index in [-0.39, 0.29) is 6.23 Å². The minimum Gasteiger partial charge on any atom is -0.475 e. The lowest BCUT2D eigenvalue weighted by Gasteiger charge is -2.11. The van der Waals surface area contributed by atoms with Crippen LogP contribution < -0.4 is 0 Å². The van der Waals surface area contributed by atoms with Gasteiger partial charge in [0.25, 0.3) is 0 Å². The van der Waals surface area contributed by atoms with Crippen molar-refractivity contribution in [2.24, 2.45) is 0 Å². The first-order chi connectivity index (χ1) is 6.79. The molecule has 0 saturated carbocycles. The molecule has 8 heteroatoms. The van der Waals surface area contributed by atoms with Gasteiger partial charge in [-0.3, -0.25) is 0 Å². The molecule has 0 aromatic heterocycles.